The lowest BCUT2D eigenvalue weighted by atomic mass is 10.2. The number of halogens is 1. The summed E-state index contributed by atoms with van der Waals surface area (Å²) in [6.45, 7) is 1.45. The molecule has 0 unspecified atom stereocenters. The van der Waals surface area contributed by atoms with Crippen molar-refractivity contribution < 1.29 is 14.0 Å². The SMILES string of the molecule is CC(=O)Nc1ccc(Nc2ccc(NC(=O)c3ccccc3F)cn2)cc1. The molecular formula is C20H17FN4O2. The van der Waals surface area contributed by atoms with Crippen molar-refractivity contribution in [2.75, 3.05) is 16.0 Å². The number of nitrogens with one attached hydrogen (secondary N) is 3. The first kappa shape index (κ1) is 18.1. The maximum absolute atomic E-state index is 13.6. The number of rotatable bonds is 5. The van der Waals surface area contributed by atoms with Crippen LogP contribution >= 0.6 is 0 Å². The molecule has 0 fully saturated rings. The molecule has 0 bridgehead atoms. The summed E-state index contributed by atoms with van der Waals surface area (Å²) in [5.41, 5.74) is 1.92. The van der Waals surface area contributed by atoms with Crippen LogP contribution in [-0.4, -0.2) is 16.8 Å². The molecule has 0 spiro atoms. The highest BCUT2D eigenvalue weighted by Gasteiger charge is 2.11. The first-order valence-electron chi connectivity index (χ1n) is 8.18. The lowest BCUT2D eigenvalue weighted by Crippen LogP contribution is -2.13. The van der Waals surface area contributed by atoms with E-state index in [9.17, 15) is 14.0 Å². The van der Waals surface area contributed by atoms with Gasteiger partial charge in [-0.25, -0.2) is 9.37 Å². The van der Waals surface area contributed by atoms with E-state index in [1.54, 1.807) is 42.5 Å². The smallest absolute Gasteiger partial charge is 0.258 e. The van der Waals surface area contributed by atoms with E-state index in [1.165, 1.54) is 31.3 Å². The summed E-state index contributed by atoms with van der Waals surface area (Å²) in [6, 6.07) is 16.3. The van der Waals surface area contributed by atoms with E-state index in [0.717, 1.165) is 5.69 Å². The fourth-order valence-electron chi connectivity index (χ4n) is 2.37. The van der Waals surface area contributed by atoms with Crippen LogP contribution in [0.5, 0.6) is 0 Å². The zero-order valence-corrected chi connectivity index (χ0v) is 14.5. The maximum Gasteiger partial charge on any atom is 0.258 e. The van der Waals surface area contributed by atoms with Crippen molar-refractivity contribution in [3.05, 3.63) is 78.2 Å². The Kier molecular flexibility index (Phi) is 5.41. The molecule has 0 saturated carbocycles. The lowest BCUT2D eigenvalue weighted by Gasteiger charge is -2.09. The van der Waals surface area contributed by atoms with Crippen molar-refractivity contribution in [3.63, 3.8) is 0 Å². The van der Waals surface area contributed by atoms with Crippen molar-refractivity contribution in [2.24, 2.45) is 0 Å². The second-order valence-electron chi connectivity index (χ2n) is 5.75. The number of pyridine rings is 1. The molecule has 3 N–H and O–H groups in total. The monoisotopic (exact) mass is 364 g/mol. The van der Waals surface area contributed by atoms with Gasteiger partial charge in [0.15, 0.2) is 0 Å². The number of hydrogen-bond acceptors (Lipinski definition) is 4. The van der Waals surface area contributed by atoms with Crippen molar-refractivity contribution in [1.82, 2.24) is 4.98 Å². The standard InChI is InChI=1S/C20H17FN4O2/c1-13(26)23-14-6-8-15(9-7-14)24-19-11-10-16(12-22-19)25-20(27)17-4-2-3-5-18(17)21/h2-12H,1H3,(H,22,24)(H,23,26)(H,25,27). The quantitative estimate of drug-likeness (QED) is 0.634. The van der Waals surface area contributed by atoms with Crippen LogP contribution < -0.4 is 16.0 Å². The molecule has 0 aliphatic heterocycles. The van der Waals surface area contributed by atoms with Crippen LogP contribution in [0.15, 0.2) is 66.9 Å². The van der Waals surface area contributed by atoms with Gasteiger partial charge < -0.3 is 16.0 Å². The van der Waals surface area contributed by atoms with Gasteiger partial charge in [-0.1, -0.05) is 12.1 Å². The predicted molar refractivity (Wildman–Crippen MR) is 103 cm³/mol. The molecule has 0 atom stereocenters. The lowest BCUT2D eigenvalue weighted by molar-refractivity contribution is -0.114. The number of carbonyl (C=O) groups excluding carboxylic acids is 2. The molecule has 0 aliphatic rings. The van der Waals surface area contributed by atoms with Crippen molar-refractivity contribution in [3.8, 4) is 0 Å². The molecule has 1 heterocycles. The van der Waals surface area contributed by atoms with Crippen molar-refractivity contribution in [2.45, 2.75) is 6.92 Å². The number of hydrogen-bond donors (Lipinski definition) is 3. The van der Waals surface area contributed by atoms with E-state index in [0.29, 0.717) is 17.2 Å². The van der Waals surface area contributed by atoms with Crippen LogP contribution in [0.3, 0.4) is 0 Å². The number of amides is 2. The maximum atomic E-state index is 13.6. The third-order valence-electron chi connectivity index (χ3n) is 3.62. The second-order valence-corrected chi connectivity index (χ2v) is 5.75. The molecule has 2 amide bonds. The van der Waals surface area contributed by atoms with Gasteiger partial charge in [0.2, 0.25) is 5.91 Å². The van der Waals surface area contributed by atoms with Crippen LogP contribution in [0.25, 0.3) is 0 Å². The average molecular weight is 364 g/mol. The minimum absolute atomic E-state index is 0.0287. The van der Waals surface area contributed by atoms with Crippen LogP contribution in [0.1, 0.15) is 17.3 Å². The molecule has 136 valence electrons. The van der Waals surface area contributed by atoms with Crippen molar-refractivity contribution >= 4 is 34.7 Å². The topological polar surface area (TPSA) is 83.1 Å². The van der Waals surface area contributed by atoms with Crippen molar-refractivity contribution in [1.29, 1.82) is 0 Å². The number of aromatic nitrogens is 1. The van der Waals surface area contributed by atoms with E-state index < -0.39 is 11.7 Å². The summed E-state index contributed by atoms with van der Waals surface area (Å²) in [7, 11) is 0. The second kappa shape index (κ2) is 8.09. The summed E-state index contributed by atoms with van der Waals surface area (Å²) in [5.74, 6) is -0.676. The third kappa shape index (κ3) is 4.88. The van der Waals surface area contributed by atoms with E-state index in [2.05, 4.69) is 20.9 Å². The molecule has 3 aromatic rings. The van der Waals surface area contributed by atoms with E-state index in [1.807, 2.05) is 0 Å². The summed E-state index contributed by atoms with van der Waals surface area (Å²) in [6.07, 6.45) is 1.48. The Labute approximate surface area is 155 Å². The highest BCUT2D eigenvalue weighted by atomic mass is 19.1. The normalized spacial score (nSPS) is 10.1. The third-order valence-corrected chi connectivity index (χ3v) is 3.62. The van der Waals surface area contributed by atoms with E-state index >= 15 is 0 Å². The number of nitrogens with zero attached hydrogens (tertiary/aromatic N) is 1. The molecule has 3 rings (SSSR count). The zero-order chi connectivity index (χ0) is 19.2. The summed E-state index contributed by atoms with van der Waals surface area (Å²) >= 11 is 0. The first-order valence-corrected chi connectivity index (χ1v) is 8.18. The predicted octanol–water partition coefficient (Wildman–Crippen LogP) is 4.18. The summed E-state index contributed by atoms with van der Waals surface area (Å²) in [4.78, 5) is 27.3. The Balaban J connectivity index is 1.62. The summed E-state index contributed by atoms with van der Waals surface area (Å²) < 4.78 is 13.6. The van der Waals surface area contributed by atoms with Gasteiger partial charge in [0.1, 0.15) is 11.6 Å². The number of anilines is 4. The Morgan fingerprint density at radius 1 is 0.852 bits per heavy atom. The number of carbonyl (C=O) groups is 2. The molecule has 0 aliphatic carbocycles. The first-order chi connectivity index (χ1) is 13.0. The minimum atomic E-state index is -0.580. The highest BCUT2D eigenvalue weighted by Crippen LogP contribution is 2.19. The van der Waals surface area contributed by atoms with Crippen LogP contribution in [-0.2, 0) is 4.79 Å². The van der Waals surface area contributed by atoms with Crippen LogP contribution in [0.4, 0.5) is 27.3 Å². The molecule has 6 nitrogen and oxygen atoms in total. The molecule has 0 saturated heterocycles. The van der Waals surface area contributed by atoms with Gasteiger partial charge >= 0.3 is 0 Å². The Morgan fingerprint density at radius 2 is 1.52 bits per heavy atom. The molecule has 7 heteroatoms. The molecule has 1 aromatic heterocycles. The Hall–Kier alpha value is -3.74. The zero-order valence-electron chi connectivity index (χ0n) is 14.5. The fraction of sp³-hybridized carbons (Fsp3) is 0.0500. The Morgan fingerprint density at radius 3 is 2.15 bits per heavy atom. The highest BCUT2D eigenvalue weighted by molar-refractivity contribution is 6.04. The van der Waals surface area contributed by atoms with Crippen LogP contribution in [0, 0.1) is 5.82 Å². The van der Waals surface area contributed by atoms with Gasteiger partial charge in [-0.15, -0.1) is 0 Å². The van der Waals surface area contributed by atoms with E-state index in [4.69, 9.17) is 0 Å². The van der Waals surface area contributed by atoms with Gasteiger partial charge in [-0.05, 0) is 48.5 Å². The van der Waals surface area contributed by atoms with Gasteiger partial charge in [0.25, 0.3) is 5.91 Å². The van der Waals surface area contributed by atoms with Gasteiger partial charge in [0, 0.05) is 18.3 Å². The average Bonchev–Trinajstić information content (AvgIpc) is 2.65. The Bertz CT molecular complexity index is 956. The van der Waals surface area contributed by atoms with Crippen LogP contribution in [0.2, 0.25) is 0 Å². The van der Waals surface area contributed by atoms with Gasteiger partial charge in [0.05, 0.1) is 17.4 Å². The van der Waals surface area contributed by atoms with Gasteiger partial charge in [-0.2, -0.15) is 0 Å². The molecule has 2 aromatic carbocycles. The molecule has 0 radical (unpaired) electrons. The largest absolute Gasteiger partial charge is 0.340 e. The van der Waals surface area contributed by atoms with E-state index in [-0.39, 0.29) is 11.5 Å². The molecule has 27 heavy (non-hydrogen) atoms. The van der Waals surface area contributed by atoms with Gasteiger partial charge in [-0.3, -0.25) is 9.59 Å². The minimum Gasteiger partial charge on any atom is -0.340 e. The molecular weight excluding hydrogens is 347 g/mol. The fourth-order valence-corrected chi connectivity index (χ4v) is 2.37. The summed E-state index contributed by atoms with van der Waals surface area (Å²) in [5, 5.41) is 8.41. The number of benzene rings is 2.